The predicted octanol–water partition coefficient (Wildman–Crippen LogP) is -2.78. The van der Waals surface area contributed by atoms with Gasteiger partial charge in [0.25, 0.3) is 0 Å². The lowest BCUT2D eigenvalue weighted by Crippen LogP contribution is -2.61. The fourth-order valence-corrected chi connectivity index (χ4v) is 10.0. The number of likely N-dealkylation sites (tertiary alicyclic amines) is 1. The summed E-state index contributed by atoms with van der Waals surface area (Å²) in [6.45, 7) is 3.76. The minimum absolute atomic E-state index is 0.00154. The average molecular weight is 1230 g/mol. The molecule has 1 aliphatic heterocycles. The van der Waals surface area contributed by atoms with Crippen molar-refractivity contribution in [3.63, 3.8) is 0 Å². The fraction of sp³-hybridized carbons (Fsp3) is 0.450. The number of aromatic nitrogens is 1. The van der Waals surface area contributed by atoms with Gasteiger partial charge in [-0.2, -0.15) is 0 Å². The molecular formula is C60H84N18O11. The molecule has 8 atom stereocenters. The SMILES string of the molecule is CC(C)C[C@H](NC(=O)[C@H](Cc1ccc2ccccc2c1)NC(=O)[C@H](Cc1ccc(O)cc1)NC(=O)CCN)C(=O)N[C@@H](Cc1ccncc1)C(=O)N[C@@H](CCCN=C(N)N)C(=O)N1CCC[C@H]1C(=O)N[C@@H](CCCN=C(N)N)C(=O)N[C@@H](CC(N)=O)C(N)=O. The van der Waals surface area contributed by atoms with E-state index in [1.165, 1.54) is 29.4 Å². The van der Waals surface area contributed by atoms with Crippen molar-refractivity contribution < 1.29 is 53.1 Å². The first-order chi connectivity index (χ1) is 42.4. The summed E-state index contributed by atoms with van der Waals surface area (Å²) >= 11 is 0. The Morgan fingerprint density at radius 3 is 1.64 bits per heavy atom. The molecular weight excluding hydrogens is 1150 g/mol. The summed E-state index contributed by atoms with van der Waals surface area (Å²) in [5.41, 5.74) is 40.4. The number of amides is 10. The standard InChI is InChI=1S/C60H84N18O11/c1-34(2)28-44(75-56(87)47(32-37-13-16-38-8-3-4-9-39(38)29-37)77-54(85)45(71-50(81)19-22-61)30-35-14-17-40(79)18-15-35)53(84)76-46(31-36-20-25-68-26-21-36)55(86)73-42(11-6-24-70-60(66)67)58(89)78-27-7-12-48(78)57(88)72-41(10-5-23-69-59(64)65)52(83)74-43(51(63)82)33-49(62)80/h3-4,8-9,13-18,20-21,25-26,29,34,41-48,79H,5-7,10-12,19,22-24,27-28,30-33,61H2,1-2H3,(H2,62,80)(H2,63,82)(H,71,81)(H,72,88)(H,73,86)(H,74,83)(H,75,87)(H,76,84)(H,77,85)(H4,64,65,69)(H4,66,67,70)/t41-,42-,43-,44-,45-,46-,47-,48-/m0/s1. The molecule has 29 nitrogen and oxygen atoms in total. The molecule has 10 amide bonds. The first kappa shape index (κ1) is 69.8. The Bertz CT molecular complexity index is 3160. The van der Waals surface area contributed by atoms with E-state index < -0.39 is 114 Å². The maximum atomic E-state index is 14.9. The van der Waals surface area contributed by atoms with Crippen LogP contribution < -0.4 is 77.4 Å². The number of nitrogens with one attached hydrogen (secondary N) is 7. The summed E-state index contributed by atoms with van der Waals surface area (Å²) in [4.78, 5) is 152. The summed E-state index contributed by atoms with van der Waals surface area (Å²) in [5, 5.41) is 30.7. The van der Waals surface area contributed by atoms with Crippen LogP contribution in [0.1, 0.15) is 88.3 Å². The van der Waals surface area contributed by atoms with Crippen molar-refractivity contribution in [3.8, 4) is 5.75 Å². The van der Waals surface area contributed by atoms with E-state index in [0.717, 1.165) is 10.8 Å². The van der Waals surface area contributed by atoms with E-state index in [9.17, 15) is 53.1 Å². The van der Waals surface area contributed by atoms with Gasteiger partial charge in [-0.05, 0) is 103 Å². The lowest BCUT2D eigenvalue weighted by molar-refractivity contribution is -0.142. The molecule has 0 bridgehead atoms. The number of aromatic hydroxyl groups is 1. The maximum Gasteiger partial charge on any atom is 0.245 e. The topological polar surface area (TPSA) is 498 Å². The van der Waals surface area contributed by atoms with Gasteiger partial charge in [-0.1, -0.05) is 68.4 Å². The normalized spacial score (nSPS) is 15.1. The molecule has 0 unspecified atom stereocenters. The molecule has 3 aromatic carbocycles. The second-order valence-electron chi connectivity index (χ2n) is 22.1. The third kappa shape index (κ3) is 23.4. The Hall–Kier alpha value is -9.93. The number of aliphatic imine (C=N–C) groups is 2. The van der Waals surface area contributed by atoms with Crippen LogP contribution >= 0.6 is 0 Å². The Morgan fingerprint density at radius 2 is 1.08 bits per heavy atom. The van der Waals surface area contributed by atoms with Gasteiger partial charge in [0.2, 0.25) is 59.1 Å². The van der Waals surface area contributed by atoms with Gasteiger partial charge in [0.05, 0.1) is 6.42 Å². The molecule has 0 aliphatic carbocycles. The summed E-state index contributed by atoms with van der Waals surface area (Å²) in [6, 6.07) is 11.7. The fourth-order valence-electron chi connectivity index (χ4n) is 10.0. The van der Waals surface area contributed by atoms with Crippen LogP contribution in [0.2, 0.25) is 0 Å². The van der Waals surface area contributed by atoms with E-state index in [0.29, 0.717) is 23.1 Å². The Balaban J connectivity index is 1.44. The number of fused-ring (bicyclic) bond motifs is 1. The average Bonchev–Trinajstić information content (AvgIpc) is 3.85. The quantitative estimate of drug-likeness (QED) is 0.0126. The van der Waals surface area contributed by atoms with Gasteiger partial charge in [-0.25, -0.2) is 0 Å². The number of phenols is 1. The van der Waals surface area contributed by atoms with E-state index in [1.807, 2.05) is 56.3 Å². The van der Waals surface area contributed by atoms with Crippen molar-refractivity contribution >= 4 is 81.8 Å². The Labute approximate surface area is 515 Å². The van der Waals surface area contributed by atoms with Gasteiger partial charge in [0, 0.05) is 64.3 Å². The summed E-state index contributed by atoms with van der Waals surface area (Å²) in [7, 11) is 0. The zero-order valence-electron chi connectivity index (χ0n) is 50.0. The molecule has 4 aromatic rings. The zero-order valence-corrected chi connectivity index (χ0v) is 50.0. The van der Waals surface area contributed by atoms with Gasteiger partial charge in [-0.3, -0.25) is 62.9 Å². The first-order valence-electron chi connectivity index (χ1n) is 29.4. The molecule has 22 N–H and O–H groups in total. The van der Waals surface area contributed by atoms with Crippen molar-refractivity contribution in [2.75, 3.05) is 26.2 Å². The minimum atomic E-state index is -1.51. The number of hydrogen-bond donors (Lipinski definition) is 15. The van der Waals surface area contributed by atoms with Gasteiger partial charge in [0.1, 0.15) is 54.1 Å². The summed E-state index contributed by atoms with van der Waals surface area (Å²) < 4.78 is 0. The van der Waals surface area contributed by atoms with Gasteiger partial charge >= 0.3 is 0 Å². The highest BCUT2D eigenvalue weighted by molar-refractivity contribution is 5.99. The minimum Gasteiger partial charge on any atom is -0.508 e. The summed E-state index contributed by atoms with van der Waals surface area (Å²) in [5.74, 6) is -8.70. The van der Waals surface area contributed by atoms with Gasteiger partial charge in [-0.15, -0.1) is 0 Å². The number of pyridine rings is 1. The van der Waals surface area contributed by atoms with E-state index in [1.54, 1.807) is 24.3 Å². The Kier molecular flexibility index (Phi) is 27.5. The molecule has 480 valence electrons. The number of primary amides is 2. The third-order valence-electron chi connectivity index (χ3n) is 14.5. The van der Waals surface area contributed by atoms with E-state index in [-0.39, 0.29) is 114 Å². The van der Waals surface area contributed by atoms with Crippen molar-refractivity contribution in [2.45, 2.75) is 139 Å². The maximum absolute atomic E-state index is 14.9. The number of carbonyl (C=O) groups excluding carboxylic acids is 10. The van der Waals surface area contributed by atoms with Crippen molar-refractivity contribution in [3.05, 3.63) is 108 Å². The number of benzene rings is 3. The van der Waals surface area contributed by atoms with Crippen LogP contribution in [0, 0.1) is 5.92 Å². The van der Waals surface area contributed by atoms with Crippen LogP contribution in [0.4, 0.5) is 0 Å². The van der Waals surface area contributed by atoms with E-state index in [4.69, 9.17) is 40.1 Å². The third-order valence-corrected chi connectivity index (χ3v) is 14.5. The molecule has 89 heavy (non-hydrogen) atoms. The number of rotatable bonds is 35. The second-order valence-corrected chi connectivity index (χ2v) is 22.1. The molecule has 1 aromatic heterocycles. The molecule has 29 heteroatoms. The molecule has 1 saturated heterocycles. The molecule has 1 fully saturated rings. The molecule has 0 radical (unpaired) electrons. The molecule has 0 spiro atoms. The molecule has 1 aliphatic rings. The number of guanidine groups is 2. The van der Waals surface area contributed by atoms with Crippen LogP contribution in [0.3, 0.4) is 0 Å². The highest BCUT2D eigenvalue weighted by atomic mass is 16.3. The lowest BCUT2D eigenvalue weighted by atomic mass is 9.98. The smallest absolute Gasteiger partial charge is 0.245 e. The number of carbonyl (C=O) groups is 10. The molecule has 2 heterocycles. The lowest BCUT2D eigenvalue weighted by Gasteiger charge is -2.31. The van der Waals surface area contributed by atoms with Crippen LogP contribution in [-0.2, 0) is 67.2 Å². The van der Waals surface area contributed by atoms with Crippen LogP contribution in [0.15, 0.2) is 101 Å². The monoisotopic (exact) mass is 1230 g/mol. The zero-order chi connectivity index (χ0) is 65.2. The van der Waals surface area contributed by atoms with Crippen molar-refractivity contribution in [1.82, 2.24) is 47.1 Å². The number of nitrogens with zero attached hydrogens (tertiary/aromatic N) is 4. The molecule has 5 rings (SSSR count). The van der Waals surface area contributed by atoms with Crippen molar-refractivity contribution in [1.29, 1.82) is 0 Å². The largest absolute Gasteiger partial charge is 0.508 e. The second kappa shape index (κ2) is 35.0. The van der Waals surface area contributed by atoms with Gasteiger partial charge in [0.15, 0.2) is 11.9 Å². The first-order valence-corrected chi connectivity index (χ1v) is 29.4. The predicted molar refractivity (Wildman–Crippen MR) is 332 cm³/mol. The Morgan fingerprint density at radius 1 is 0.584 bits per heavy atom. The molecule has 0 saturated carbocycles. The van der Waals surface area contributed by atoms with Crippen LogP contribution in [-0.4, -0.2) is 160 Å². The van der Waals surface area contributed by atoms with Crippen LogP contribution in [0.25, 0.3) is 10.8 Å². The summed E-state index contributed by atoms with van der Waals surface area (Å²) in [6.07, 6.45) is 2.64. The highest BCUT2D eigenvalue weighted by Gasteiger charge is 2.40. The van der Waals surface area contributed by atoms with Crippen molar-refractivity contribution in [2.24, 2.45) is 56.0 Å². The van der Waals surface area contributed by atoms with E-state index >= 15 is 0 Å². The van der Waals surface area contributed by atoms with Gasteiger partial charge < -0.3 is 87.4 Å². The number of hydrogen-bond acceptors (Lipinski definition) is 15. The number of phenolic OH excluding ortho intramolecular Hbond substituents is 1. The van der Waals surface area contributed by atoms with E-state index in [2.05, 4.69) is 52.2 Å². The highest BCUT2D eigenvalue weighted by Crippen LogP contribution is 2.22. The number of nitrogens with two attached hydrogens (primary N) is 7. The van der Waals surface area contributed by atoms with Crippen LogP contribution in [0.5, 0.6) is 5.75 Å².